The van der Waals surface area contributed by atoms with Gasteiger partial charge in [-0.3, -0.25) is 4.79 Å². The molecule has 7 nitrogen and oxygen atoms in total. The number of benzene rings is 1. The fraction of sp³-hybridized carbons (Fsp3) is 0.389. The van der Waals surface area contributed by atoms with Gasteiger partial charge in [-0.15, -0.1) is 24.0 Å². The number of amides is 1. The molecule has 26 heavy (non-hydrogen) atoms. The van der Waals surface area contributed by atoms with E-state index in [1.807, 2.05) is 55.4 Å². The molecule has 2 N–H and O–H groups in total. The van der Waals surface area contributed by atoms with E-state index in [1.165, 1.54) is 4.90 Å². The van der Waals surface area contributed by atoms with Crippen LogP contribution in [0.1, 0.15) is 12.7 Å². The number of halogens is 1. The first-order chi connectivity index (χ1) is 12.0. The van der Waals surface area contributed by atoms with Crippen molar-refractivity contribution in [1.29, 1.82) is 0 Å². The Morgan fingerprint density at radius 3 is 2.54 bits per heavy atom. The first-order valence-electron chi connectivity index (χ1n) is 8.30. The minimum absolute atomic E-state index is 0. The third-order valence-electron chi connectivity index (χ3n) is 3.66. The Labute approximate surface area is 171 Å². The van der Waals surface area contributed by atoms with Crippen LogP contribution >= 0.6 is 24.0 Å². The van der Waals surface area contributed by atoms with E-state index in [1.54, 1.807) is 14.1 Å². The zero-order chi connectivity index (χ0) is 18.2. The molecule has 8 heteroatoms. The molecule has 0 aliphatic rings. The van der Waals surface area contributed by atoms with Crippen molar-refractivity contribution in [3.63, 3.8) is 0 Å². The number of likely N-dealkylation sites (N-methyl/N-ethyl adjacent to an activating group) is 1. The Hall–Kier alpha value is -2.10. The summed E-state index contributed by atoms with van der Waals surface area (Å²) < 4.78 is 0. The highest BCUT2D eigenvalue weighted by Gasteiger charge is 2.11. The van der Waals surface area contributed by atoms with Crippen molar-refractivity contribution in [3.8, 4) is 11.3 Å². The Morgan fingerprint density at radius 2 is 1.92 bits per heavy atom. The van der Waals surface area contributed by atoms with E-state index in [-0.39, 0.29) is 36.4 Å². The van der Waals surface area contributed by atoms with Gasteiger partial charge in [0.25, 0.3) is 0 Å². The van der Waals surface area contributed by atoms with Crippen molar-refractivity contribution in [2.24, 2.45) is 4.99 Å². The number of aromatic nitrogens is 2. The third kappa shape index (κ3) is 6.32. The van der Waals surface area contributed by atoms with Gasteiger partial charge in [-0.2, -0.15) is 0 Å². The molecule has 0 saturated heterocycles. The number of nitrogens with one attached hydrogen (secondary N) is 2. The van der Waals surface area contributed by atoms with Gasteiger partial charge in [0.05, 0.1) is 18.4 Å². The fourth-order valence-electron chi connectivity index (χ4n) is 2.26. The van der Waals surface area contributed by atoms with E-state index in [0.29, 0.717) is 12.5 Å². The molecule has 0 bridgehead atoms. The molecule has 1 amide bonds. The zero-order valence-electron chi connectivity index (χ0n) is 15.7. The summed E-state index contributed by atoms with van der Waals surface area (Å²) in [5.74, 6) is 1.48. The minimum Gasteiger partial charge on any atom is -0.357 e. The van der Waals surface area contributed by atoms with Crippen molar-refractivity contribution in [2.75, 3.05) is 34.2 Å². The van der Waals surface area contributed by atoms with Crippen LogP contribution in [-0.2, 0) is 11.3 Å². The highest BCUT2D eigenvalue weighted by molar-refractivity contribution is 14.0. The van der Waals surface area contributed by atoms with Gasteiger partial charge >= 0.3 is 0 Å². The van der Waals surface area contributed by atoms with Crippen LogP contribution in [0.3, 0.4) is 0 Å². The lowest BCUT2D eigenvalue weighted by molar-refractivity contribution is -0.127. The van der Waals surface area contributed by atoms with Gasteiger partial charge in [-0.25, -0.2) is 9.98 Å². The molecule has 0 fully saturated rings. The maximum Gasteiger partial charge on any atom is 0.243 e. The maximum atomic E-state index is 11.7. The van der Waals surface area contributed by atoms with E-state index < -0.39 is 0 Å². The molecule has 0 spiro atoms. The number of carbonyl (C=O) groups is 1. The van der Waals surface area contributed by atoms with E-state index >= 15 is 0 Å². The van der Waals surface area contributed by atoms with Crippen molar-refractivity contribution < 1.29 is 4.79 Å². The van der Waals surface area contributed by atoms with Gasteiger partial charge in [0.15, 0.2) is 5.96 Å². The zero-order valence-corrected chi connectivity index (χ0v) is 18.0. The van der Waals surface area contributed by atoms with Gasteiger partial charge < -0.3 is 20.1 Å². The summed E-state index contributed by atoms with van der Waals surface area (Å²) in [4.78, 5) is 27.4. The molecule has 1 heterocycles. The highest BCUT2D eigenvalue weighted by atomic mass is 127. The van der Waals surface area contributed by atoms with Gasteiger partial charge in [0, 0.05) is 27.7 Å². The first-order valence-corrected chi connectivity index (χ1v) is 8.30. The van der Waals surface area contributed by atoms with Gasteiger partial charge in [-0.05, 0) is 12.5 Å². The molecular weight excluding hydrogens is 443 g/mol. The molecule has 0 aliphatic heterocycles. The number of imidazole rings is 1. The molecule has 0 unspecified atom stereocenters. The summed E-state index contributed by atoms with van der Waals surface area (Å²) in [6.07, 6.45) is 1.83. The van der Waals surface area contributed by atoms with E-state index in [2.05, 4.69) is 20.3 Å². The lowest BCUT2D eigenvalue weighted by Crippen LogP contribution is -2.39. The Bertz CT molecular complexity index is 713. The number of rotatable bonds is 6. The largest absolute Gasteiger partial charge is 0.357 e. The average molecular weight is 470 g/mol. The monoisotopic (exact) mass is 470 g/mol. The van der Waals surface area contributed by atoms with E-state index in [0.717, 1.165) is 23.6 Å². The second-order valence-corrected chi connectivity index (χ2v) is 5.92. The Kier molecular flexibility index (Phi) is 9.11. The quantitative estimate of drug-likeness (QED) is 0.386. The summed E-state index contributed by atoms with van der Waals surface area (Å²) in [5.41, 5.74) is 2.08. The van der Waals surface area contributed by atoms with Crippen LogP contribution in [0.25, 0.3) is 11.3 Å². The molecule has 0 saturated carbocycles. The lowest BCUT2D eigenvalue weighted by atomic mass is 10.2. The Morgan fingerprint density at radius 1 is 1.23 bits per heavy atom. The first kappa shape index (κ1) is 21.9. The number of aromatic amines is 1. The number of guanidine groups is 1. The van der Waals surface area contributed by atoms with Crippen LogP contribution in [-0.4, -0.2) is 65.9 Å². The molecule has 1 aromatic heterocycles. The van der Waals surface area contributed by atoms with Crippen molar-refractivity contribution in [3.05, 3.63) is 42.4 Å². The predicted octanol–water partition coefficient (Wildman–Crippen LogP) is 2.18. The van der Waals surface area contributed by atoms with Gasteiger partial charge in [0.1, 0.15) is 12.4 Å². The topological polar surface area (TPSA) is 76.6 Å². The number of nitrogens with zero attached hydrogens (tertiary/aromatic N) is 4. The van der Waals surface area contributed by atoms with Crippen LogP contribution < -0.4 is 5.32 Å². The van der Waals surface area contributed by atoms with Gasteiger partial charge in [0.2, 0.25) is 5.91 Å². The van der Waals surface area contributed by atoms with Crippen LogP contribution in [0.2, 0.25) is 0 Å². The summed E-state index contributed by atoms with van der Waals surface area (Å²) >= 11 is 0. The average Bonchev–Trinajstić information content (AvgIpc) is 3.07. The normalized spacial score (nSPS) is 10.8. The molecule has 142 valence electrons. The molecule has 0 radical (unpaired) electrons. The van der Waals surface area contributed by atoms with E-state index in [9.17, 15) is 4.79 Å². The fourth-order valence-corrected chi connectivity index (χ4v) is 2.26. The maximum absolute atomic E-state index is 11.7. The SMILES string of the molecule is CCNC(=NCC(=O)N(C)C)N(C)Cc1ncc(-c2ccccc2)[nH]1.I. The predicted molar refractivity (Wildman–Crippen MR) is 116 cm³/mol. The van der Waals surface area contributed by atoms with Gasteiger partial charge in [-0.1, -0.05) is 30.3 Å². The summed E-state index contributed by atoms with van der Waals surface area (Å²) in [5, 5.41) is 3.20. The second-order valence-electron chi connectivity index (χ2n) is 5.92. The standard InChI is InChI=1S/C18H26N6O.HI/c1-5-19-18(21-12-17(25)23(2)3)24(4)13-16-20-11-15(22-16)14-9-7-6-8-10-14;/h6-11H,5,12-13H2,1-4H3,(H,19,21)(H,20,22);1H. The summed E-state index contributed by atoms with van der Waals surface area (Å²) in [7, 11) is 5.37. The molecular formula is C18H27IN6O. The molecule has 2 rings (SSSR count). The van der Waals surface area contributed by atoms with Crippen molar-refractivity contribution in [2.45, 2.75) is 13.5 Å². The second kappa shape index (κ2) is 10.8. The molecule has 2 aromatic rings. The van der Waals surface area contributed by atoms with Crippen molar-refractivity contribution in [1.82, 2.24) is 25.1 Å². The molecule has 0 aliphatic carbocycles. The van der Waals surface area contributed by atoms with Crippen LogP contribution in [0.5, 0.6) is 0 Å². The number of hydrogen-bond donors (Lipinski definition) is 2. The number of hydrogen-bond acceptors (Lipinski definition) is 3. The highest BCUT2D eigenvalue weighted by Crippen LogP contribution is 2.16. The van der Waals surface area contributed by atoms with E-state index in [4.69, 9.17) is 0 Å². The smallest absolute Gasteiger partial charge is 0.243 e. The van der Waals surface area contributed by atoms with Crippen LogP contribution in [0.4, 0.5) is 0 Å². The van der Waals surface area contributed by atoms with Crippen molar-refractivity contribution >= 4 is 35.8 Å². The summed E-state index contributed by atoms with van der Waals surface area (Å²) in [6, 6.07) is 10.1. The summed E-state index contributed by atoms with van der Waals surface area (Å²) in [6.45, 7) is 3.41. The lowest BCUT2D eigenvalue weighted by Gasteiger charge is -2.21. The third-order valence-corrected chi connectivity index (χ3v) is 3.66. The molecule has 0 atom stereocenters. The minimum atomic E-state index is -0.0341. The number of carbonyl (C=O) groups excluding carboxylic acids is 1. The van der Waals surface area contributed by atoms with Crippen LogP contribution in [0.15, 0.2) is 41.5 Å². The Balaban J connectivity index is 0.00000338. The number of H-pyrrole nitrogens is 1. The van der Waals surface area contributed by atoms with Crippen LogP contribution in [0, 0.1) is 0 Å². The molecule has 1 aromatic carbocycles. The number of aliphatic imine (C=N–C) groups is 1.